The number of benzene rings is 1. The number of hydrogen-bond donors (Lipinski definition) is 5. The molecule has 13 heteroatoms. The second kappa shape index (κ2) is 16.6. The number of amides is 4. The molecule has 0 saturated heterocycles. The quantitative estimate of drug-likeness (QED) is 0.116. The molecule has 0 spiro atoms. The molecule has 2 aromatic rings. The predicted octanol–water partition coefficient (Wildman–Crippen LogP) is 1.76. The third-order valence-electron chi connectivity index (χ3n) is 7.47. The summed E-state index contributed by atoms with van der Waals surface area (Å²) in [6.45, 7) is 1.90. The van der Waals surface area contributed by atoms with E-state index in [4.69, 9.17) is 17.2 Å². The molecule has 1 saturated carbocycles. The third kappa shape index (κ3) is 10.3. The van der Waals surface area contributed by atoms with Crippen molar-refractivity contribution in [3.63, 3.8) is 0 Å². The van der Waals surface area contributed by atoms with Gasteiger partial charge in [0, 0.05) is 35.9 Å². The molecule has 3 rings (SSSR count). The van der Waals surface area contributed by atoms with E-state index in [1.807, 2.05) is 30.3 Å². The van der Waals surface area contributed by atoms with Crippen LogP contribution in [0.15, 0.2) is 58.3 Å². The highest BCUT2D eigenvalue weighted by Gasteiger charge is 2.35. The van der Waals surface area contributed by atoms with Crippen LogP contribution in [0.1, 0.15) is 67.8 Å². The van der Waals surface area contributed by atoms with Crippen molar-refractivity contribution in [2.45, 2.75) is 82.5 Å². The van der Waals surface area contributed by atoms with E-state index >= 15 is 0 Å². The Labute approximate surface area is 260 Å². The molecule has 232 valence electrons. The van der Waals surface area contributed by atoms with E-state index in [2.05, 4.69) is 36.5 Å². The molecule has 8 N–H and O–H groups in total. The van der Waals surface area contributed by atoms with E-state index in [0.717, 1.165) is 37.7 Å². The molecule has 12 nitrogen and oxygen atoms in total. The normalized spacial score (nSPS) is 15.4. The third-order valence-corrected chi connectivity index (χ3v) is 7.91. The van der Waals surface area contributed by atoms with Crippen molar-refractivity contribution in [1.29, 1.82) is 0 Å². The van der Waals surface area contributed by atoms with Gasteiger partial charge in [-0.15, -0.1) is 0 Å². The molecule has 0 unspecified atom stereocenters. The fourth-order valence-corrected chi connectivity index (χ4v) is 5.60. The van der Waals surface area contributed by atoms with Crippen LogP contribution in [0, 0.1) is 0 Å². The molecule has 1 fully saturated rings. The number of pyridine rings is 1. The molecule has 3 atom stereocenters. The van der Waals surface area contributed by atoms with Crippen molar-refractivity contribution in [3.05, 3.63) is 64.4 Å². The second-order valence-electron chi connectivity index (χ2n) is 10.7. The number of aromatic nitrogens is 1. The van der Waals surface area contributed by atoms with E-state index in [1.165, 1.54) is 6.20 Å². The summed E-state index contributed by atoms with van der Waals surface area (Å²) < 4.78 is 0.649. The van der Waals surface area contributed by atoms with E-state index in [1.54, 1.807) is 24.1 Å². The Hall–Kier alpha value is -4.00. The highest BCUT2D eigenvalue weighted by Crippen LogP contribution is 2.26. The second-order valence-corrected chi connectivity index (χ2v) is 11.7. The lowest BCUT2D eigenvalue weighted by Gasteiger charge is -2.38. The Kier molecular flexibility index (Phi) is 12.9. The predicted molar refractivity (Wildman–Crippen MR) is 168 cm³/mol. The maximum absolute atomic E-state index is 13.7. The van der Waals surface area contributed by atoms with Crippen molar-refractivity contribution in [2.24, 2.45) is 22.2 Å². The molecule has 43 heavy (non-hydrogen) atoms. The Morgan fingerprint density at radius 2 is 1.67 bits per heavy atom. The van der Waals surface area contributed by atoms with Gasteiger partial charge in [-0.25, -0.2) is 0 Å². The van der Waals surface area contributed by atoms with Gasteiger partial charge in [0.1, 0.15) is 18.1 Å². The summed E-state index contributed by atoms with van der Waals surface area (Å²) >= 11 is 3.36. The number of nitrogens with two attached hydrogens (primary N) is 3. The van der Waals surface area contributed by atoms with Crippen molar-refractivity contribution < 1.29 is 19.2 Å². The SMILES string of the molecule is C[C@@H](C(=O)N[C@@H](CCCN=C(N)N)C(=O)N[C@@H](Cc1ccccc1)C(N)=O)N(C(=O)c1cncc(Br)c1)C1CCCCC1. The summed E-state index contributed by atoms with van der Waals surface area (Å²) in [7, 11) is 0. The number of hydrogen-bond acceptors (Lipinski definition) is 6. The summed E-state index contributed by atoms with van der Waals surface area (Å²) in [6, 6.07) is 7.78. The number of primary amides is 1. The molecule has 1 aromatic carbocycles. The van der Waals surface area contributed by atoms with Crippen LogP contribution >= 0.6 is 15.9 Å². The number of carbonyl (C=O) groups is 4. The van der Waals surface area contributed by atoms with Crippen molar-refractivity contribution in [1.82, 2.24) is 20.5 Å². The van der Waals surface area contributed by atoms with Gasteiger partial charge in [-0.3, -0.25) is 29.2 Å². The Morgan fingerprint density at radius 3 is 2.30 bits per heavy atom. The van der Waals surface area contributed by atoms with Crippen molar-refractivity contribution >= 4 is 45.5 Å². The first-order valence-electron chi connectivity index (χ1n) is 14.5. The van der Waals surface area contributed by atoms with Crippen LogP contribution in [-0.2, 0) is 20.8 Å². The zero-order valence-electron chi connectivity index (χ0n) is 24.4. The zero-order chi connectivity index (χ0) is 31.4. The first-order valence-corrected chi connectivity index (χ1v) is 15.3. The summed E-state index contributed by atoms with van der Waals surface area (Å²) in [5.41, 5.74) is 17.7. The number of halogens is 1. The zero-order valence-corrected chi connectivity index (χ0v) is 26.0. The van der Waals surface area contributed by atoms with Crippen LogP contribution < -0.4 is 27.8 Å². The van der Waals surface area contributed by atoms with Gasteiger partial charge in [0.2, 0.25) is 17.7 Å². The molecular weight excluding hydrogens is 616 g/mol. The topological polar surface area (TPSA) is 199 Å². The molecule has 1 aliphatic rings. The minimum atomic E-state index is -1.03. The smallest absolute Gasteiger partial charge is 0.256 e. The number of rotatable bonds is 14. The maximum Gasteiger partial charge on any atom is 0.256 e. The van der Waals surface area contributed by atoms with Crippen molar-refractivity contribution in [3.8, 4) is 0 Å². The summed E-state index contributed by atoms with van der Waals surface area (Å²) in [6.07, 6.45) is 8.32. The molecule has 1 aliphatic carbocycles. The fraction of sp³-hybridized carbons (Fsp3) is 0.467. The standard InChI is InChI=1S/C30H41BrN8O4/c1-19(39(23-11-6-3-7-12-23)29(43)21-16-22(31)18-35-17-21)27(41)37-24(13-8-14-36-30(33)34)28(42)38-25(26(32)40)15-20-9-4-2-5-10-20/h2,4-5,9-10,16-19,23-25H,3,6-8,11-15H2,1H3,(H2,32,40)(H,37,41)(H,38,42)(H4,33,34,36)/t19-,24-,25-/m0/s1. The van der Waals surface area contributed by atoms with Gasteiger partial charge < -0.3 is 32.7 Å². The first-order chi connectivity index (χ1) is 20.6. The monoisotopic (exact) mass is 656 g/mol. The number of guanidine groups is 1. The van der Waals surface area contributed by atoms with Crippen LogP contribution in [0.25, 0.3) is 0 Å². The molecule has 0 aliphatic heterocycles. The lowest BCUT2D eigenvalue weighted by atomic mass is 9.92. The van der Waals surface area contributed by atoms with Gasteiger partial charge in [-0.05, 0) is 60.2 Å². The minimum absolute atomic E-state index is 0.0843. The van der Waals surface area contributed by atoms with E-state index in [9.17, 15) is 19.2 Å². The van der Waals surface area contributed by atoms with E-state index in [-0.39, 0.29) is 37.3 Å². The number of aliphatic imine (C=N–C) groups is 1. The van der Waals surface area contributed by atoms with Gasteiger partial charge in [0.25, 0.3) is 5.91 Å². The first kappa shape index (κ1) is 33.5. The maximum atomic E-state index is 13.7. The molecule has 0 radical (unpaired) electrons. The van der Waals surface area contributed by atoms with Crippen LogP contribution in [0.4, 0.5) is 0 Å². The largest absolute Gasteiger partial charge is 0.370 e. The number of nitrogens with one attached hydrogen (secondary N) is 2. The fourth-order valence-electron chi connectivity index (χ4n) is 5.23. The average molecular weight is 658 g/mol. The summed E-state index contributed by atoms with van der Waals surface area (Å²) in [4.78, 5) is 62.9. The van der Waals surface area contributed by atoms with Crippen LogP contribution in [0.5, 0.6) is 0 Å². The van der Waals surface area contributed by atoms with E-state index < -0.39 is 35.8 Å². The molecule has 0 bridgehead atoms. The lowest BCUT2D eigenvalue weighted by molar-refractivity contribution is -0.133. The lowest BCUT2D eigenvalue weighted by Crippen LogP contribution is -2.58. The Morgan fingerprint density at radius 1 is 1.00 bits per heavy atom. The molecule has 1 heterocycles. The average Bonchev–Trinajstić information content (AvgIpc) is 2.99. The van der Waals surface area contributed by atoms with Gasteiger partial charge in [0.15, 0.2) is 5.96 Å². The van der Waals surface area contributed by atoms with Crippen molar-refractivity contribution in [2.75, 3.05) is 6.54 Å². The Balaban J connectivity index is 1.81. The van der Waals surface area contributed by atoms with Crippen LogP contribution in [0.2, 0.25) is 0 Å². The molecule has 1 aromatic heterocycles. The van der Waals surface area contributed by atoms with Gasteiger partial charge >= 0.3 is 0 Å². The summed E-state index contributed by atoms with van der Waals surface area (Å²) in [5.74, 6) is -2.17. The molecular formula is C30H41BrN8O4. The minimum Gasteiger partial charge on any atom is -0.370 e. The highest BCUT2D eigenvalue weighted by molar-refractivity contribution is 9.10. The van der Waals surface area contributed by atoms with Gasteiger partial charge in [0.05, 0.1) is 5.56 Å². The van der Waals surface area contributed by atoms with Crippen LogP contribution in [0.3, 0.4) is 0 Å². The van der Waals surface area contributed by atoms with Gasteiger partial charge in [-0.2, -0.15) is 0 Å². The van der Waals surface area contributed by atoms with Crippen LogP contribution in [-0.4, -0.2) is 70.2 Å². The molecule has 4 amide bonds. The highest BCUT2D eigenvalue weighted by atomic mass is 79.9. The number of nitrogens with zero attached hydrogens (tertiary/aromatic N) is 3. The summed E-state index contributed by atoms with van der Waals surface area (Å²) in [5, 5.41) is 5.52. The van der Waals surface area contributed by atoms with Gasteiger partial charge in [-0.1, -0.05) is 49.6 Å². The number of carbonyl (C=O) groups excluding carboxylic acids is 4. The Bertz CT molecular complexity index is 1280. The van der Waals surface area contributed by atoms with E-state index in [0.29, 0.717) is 16.5 Å².